The molecule has 0 fully saturated rings. The van der Waals surface area contributed by atoms with Gasteiger partial charge >= 0.3 is 0 Å². The number of ether oxygens (including phenoxy) is 1. The van der Waals surface area contributed by atoms with E-state index < -0.39 is 0 Å². The summed E-state index contributed by atoms with van der Waals surface area (Å²) in [6, 6.07) is 14.7. The molecule has 0 aliphatic rings. The smallest absolute Gasteiger partial charge is 0.118 e. The summed E-state index contributed by atoms with van der Waals surface area (Å²) in [7, 11) is 3.64. The Balaban J connectivity index is 2.01. The van der Waals surface area contributed by atoms with E-state index in [-0.39, 0.29) is 0 Å². The van der Waals surface area contributed by atoms with Crippen LogP contribution in [-0.4, -0.2) is 20.7 Å². The monoisotopic (exact) mass is 302 g/mol. The van der Waals surface area contributed by atoms with Crippen LogP contribution in [0.4, 0.5) is 11.4 Å². The highest BCUT2D eigenvalue weighted by molar-refractivity contribution is 7.98. The summed E-state index contributed by atoms with van der Waals surface area (Å²) >= 11 is 1.83. The van der Waals surface area contributed by atoms with Gasteiger partial charge < -0.3 is 15.4 Å². The van der Waals surface area contributed by atoms with Crippen LogP contribution in [0.25, 0.3) is 0 Å². The van der Waals surface area contributed by atoms with Crippen molar-refractivity contribution in [3.63, 3.8) is 0 Å². The average Bonchev–Trinajstić information content (AvgIpc) is 2.54. The van der Waals surface area contributed by atoms with Crippen LogP contribution in [-0.2, 0) is 5.75 Å². The number of anilines is 2. The fraction of sp³-hybridized carbons (Fsp3) is 0.294. The molecule has 0 aliphatic heterocycles. The van der Waals surface area contributed by atoms with E-state index in [0.717, 1.165) is 29.4 Å². The fourth-order valence-corrected chi connectivity index (χ4v) is 2.94. The molecule has 0 heterocycles. The molecule has 0 aliphatic carbocycles. The van der Waals surface area contributed by atoms with E-state index in [2.05, 4.69) is 47.9 Å². The summed E-state index contributed by atoms with van der Waals surface area (Å²) in [6.07, 6.45) is 0. The molecule has 2 aromatic rings. The zero-order valence-corrected chi connectivity index (χ0v) is 13.6. The van der Waals surface area contributed by atoms with Crippen LogP contribution in [0.3, 0.4) is 0 Å². The van der Waals surface area contributed by atoms with Crippen LogP contribution >= 0.6 is 11.8 Å². The highest BCUT2D eigenvalue weighted by Crippen LogP contribution is 2.30. The fourth-order valence-electron chi connectivity index (χ4n) is 2.05. The first-order valence-corrected chi connectivity index (χ1v) is 8.06. The Kier molecular flexibility index (Phi) is 5.81. The van der Waals surface area contributed by atoms with Gasteiger partial charge in [0.2, 0.25) is 0 Å². The summed E-state index contributed by atoms with van der Waals surface area (Å²) in [5, 5.41) is 6.60. The van der Waals surface area contributed by atoms with Crippen LogP contribution < -0.4 is 15.4 Å². The second kappa shape index (κ2) is 7.84. The first kappa shape index (κ1) is 15.6. The van der Waals surface area contributed by atoms with E-state index in [1.165, 1.54) is 10.5 Å². The molecular formula is C17H22N2OS. The third-order valence-corrected chi connectivity index (χ3v) is 4.26. The van der Waals surface area contributed by atoms with Crippen LogP contribution in [0.5, 0.6) is 5.75 Å². The Morgan fingerprint density at radius 1 is 1.05 bits per heavy atom. The van der Waals surface area contributed by atoms with Gasteiger partial charge in [-0.3, -0.25) is 0 Å². The lowest BCUT2D eigenvalue weighted by molar-refractivity contribution is 0.414. The Labute approximate surface area is 131 Å². The van der Waals surface area contributed by atoms with Gasteiger partial charge in [0.1, 0.15) is 5.75 Å². The molecule has 0 unspecified atom stereocenters. The molecular weight excluding hydrogens is 280 g/mol. The highest BCUT2D eigenvalue weighted by atomic mass is 32.2. The number of benzene rings is 2. The van der Waals surface area contributed by atoms with Crippen molar-refractivity contribution < 1.29 is 4.74 Å². The van der Waals surface area contributed by atoms with E-state index in [1.807, 2.05) is 30.9 Å². The third kappa shape index (κ3) is 4.33. The normalized spacial score (nSPS) is 10.2. The number of nitrogens with one attached hydrogen (secondary N) is 2. The van der Waals surface area contributed by atoms with Gasteiger partial charge in [0, 0.05) is 24.2 Å². The Hall–Kier alpha value is -1.81. The van der Waals surface area contributed by atoms with Crippen molar-refractivity contribution in [3.8, 4) is 5.75 Å². The molecule has 0 radical (unpaired) electrons. The minimum Gasteiger partial charge on any atom is -0.497 e. The lowest BCUT2D eigenvalue weighted by Crippen LogP contribution is -2.01. The number of methoxy groups -OCH3 is 1. The first-order chi connectivity index (χ1) is 10.3. The Morgan fingerprint density at radius 2 is 1.81 bits per heavy atom. The molecule has 3 nitrogen and oxygen atoms in total. The summed E-state index contributed by atoms with van der Waals surface area (Å²) in [6.45, 7) is 3.03. The van der Waals surface area contributed by atoms with Gasteiger partial charge in [0.05, 0.1) is 18.5 Å². The molecule has 2 N–H and O–H groups in total. The SMILES string of the molecule is CCNc1ccc(SCc2ccc(OC)cc2)cc1NC. The van der Waals surface area contributed by atoms with Crippen molar-refractivity contribution in [2.45, 2.75) is 17.6 Å². The summed E-state index contributed by atoms with van der Waals surface area (Å²) in [4.78, 5) is 1.26. The molecule has 0 saturated heterocycles. The van der Waals surface area contributed by atoms with Crippen LogP contribution in [0, 0.1) is 0 Å². The summed E-state index contributed by atoms with van der Waals surface area (Å²) < 4.78 is 5.18. The second-order valence-electron chi connectivity index (χ2n) is 4.62. The van der Waals surface area contributed by atoms with Crippen molar-refractivity contribution in [1.29, 1.82) is 0 Å². The predicted molar refractivity (Wildman–Crippen MR) is 92.7 cm³/mol. The molecule has 0 amide bonds. The van der Waals surface area contributed by atoms with Gasteiger partial charge in [-0.25, -0.2) is 0 Å². The van der Waals surface area contributed by atoms with E-state index in [9.17, 15) is 0 Å². The molecule has 4 heteroatoms. The van der Waals surface area contributed by atoms with Crippen LogP contribution in [0.2, 0.25) is 0 Å². The van der Waals surface area contributed by atoms with Crippen molar-refractivity contribution in [2.24, 2.45) is 0 Å². The average molecular weight is 302 g/mol. The number of hydrogen-bond donors (Lipinski definition) is 2. The maximum Gasteiger partial charge on any atom is 0.118 e. The van der Waals surface area contributed by atoms with Crippen molar-refractivity contribution in [2.75, 3.05) is 31.3 Å². The molecule has 2 rings (SSSR count). The molecule has 0 spiro atoms. The van der Waals surface area contributed by atoms with Crippen molar-refractivity contribution in [3.05, 3.63) is 48.0 Å². The Bertz CT molecular complexity index is 570. The first-order valence-electron chi connectivity index (χ1n) is 7.08. The largest absolute Gasteiger partial charge is 0.497 e. The lowest BCUT2D eigenvalue weighted by atomic mass is 10.2. The van der Waals surface area contributed by atoms with Crippen molar-refractivity contribution in [1.82, 2.24) is 0 Å². The van der Waals surface area contributed by atoms with E-state index in [0.29, 0.717) is 0 Å². The van der Waals surface area contributed by atoms with Gasteiger partial charge in [0.15, 0.2) is 0 Å². The quantitative estimate of drug-likeness (QED) is 0.740. The third-order valence-electron chi connectivity index (χ3n) is 3.19. The predicted octanol–water partition coefficient (Wildman–Crippen LogP) is 4.46. The summed E-state index contributed by atoms with van der Waals surface area (Å²) in [5.74, 6) is 1.85. The lowest BCUT2D eigenvalue weighted by Gasteiger charge is -2.12. The maximum absolute atomic E-state index is 5.18. The molecule has 0 atom stereocenters. The van der Waals surface area contributed by atoms with E-state index >= 15 is 0 Å². The molecule has 0 saturated carbocycles. The standard InChI is InChI=1S/C17H22N2OS/c1-4-19-16-10-9-15(11-17(16)18-2)21-12-13-5-7-14(20-3)8-6-13/h5-11,18-19H,4,12H2,1-3H3. The molecule has 0 bridgehead atoms. The highest BCUT2D eigenvalue weighted by Gasteiger charge is 2.03. The molecule has 2 aromatic carbocycles. The van der Waals surface area contributed by atoms with Gasteiger partial charge in [-0.15, -0.1) is 11.8 Å². The van der Waals surface area contributed by atoms with Gasteiger partial charge in [0.25, 0.3) is 0 Å². The van der Waals surface area contributed by atoms with Gasteiger partial charge in [-0.05, 0) is 42.8 Å². The number of hydrogen-bond acceptors (Lipinski definition) is 4. The van der Waals surface area contributed by atoms with Crippen LogP contribution in [0.15, 0.2) is 47.4 Å². The number of thioether (sulfide) groups is 1. The molecule has 21 heavy (non-hydrogen) atoms. The minimum absolute atomic E-state index is 0.899. The van der Waals surface area contributed by atoms with Gasteiger partial charge in [-0.2, -0.15) is 0 Å². The van der Waals surface area contributed by atoms with Crippen LogP contribution in [0.1, 0.15) is 12.5 Å². The maximum atomic E-state index is 5.18. The minimum atomic E-state index is 0.899. The summed E-state index contributed by atoms with van der Waals surface area (Å²) in [5.41, 5.74) is 3.58. The van der Waals surface area contributed by atoms with E-state index in [4.69, 9.17) is 4.74 Å². The van der Waals surface area contributed by atoms with Crippen molar-refractivity contribution >= 4 is 23.1 Å². The topological polar surface area (TPSA) is 33.3 Å². The number of rotatable bonds is 7. The van der Waals surface area contributed by atoms with Gasteiger partial charge in [-0.1, -0.05) is 12.1 Å². The Morgan fingerprint density at radius 3 is 2.43 bits per heavy atom. The zero-order chi connectivity index (χ0) is 15.1. The molecule has 112 valence electrons. The molecule has 0 aromatic heterocycles. The second-order valence-corrected chi connectivity index (χ2v) is 5.67. The van der Waals surface area contributed by atoms with E-state index in [1.54, 1.807) is 7.11 Å². The zero-order valence-electron chi connectivity index (χ0n) is 12.8.